The van der Waals surface area contributed by atoms with Gasteiger partial charge >= 0.3 is 0 Å². The fourth-order valence-electron chi connectivity index (χ4n) is 2.58. The van der Waals surface area contributed by atoms with Crippen LogP contribution in [-0.4, -0.2) is 17.3 Å². The maximum absolute atomic E-state index is 6.14. The first-order valence-electron chi connectivity index (χ1n) is 6.35. The third-order valence-corrected chi connectivity index (χ3v) is 3.67. The van der Waals surface area contributed by atoms with Gasteiger partial charge in [-0.05, 0) is 33.8 Å². The monoisotopic (exact) mass is 268 g/mol. The third kappa shape index (κ3) is 2.81. The lowest BCUT2D eigenvalue weighted by Crippen LogP contribution is -2.36. The van der Waals surface area contributed by atoms with Crippen molar-refractivity contribution in [3.05, 3.63) is 29.8 Å². The minimum absolute atomic E-state index is 0.0527. The maximum Gasteiger partial charge on any atom is 0.130 e. The summed E-state index contributed by atoms with van der Waals surface area (Å²) in [5.41, 5.74) is 0.618. The number of rotatable bonds is 3. The molecule has 0 aliphatic carbocycles. The summed E-state index contributed by atoms with van der Waals surface area (Å²) in [7, 11) is 0. The second-order valence-electron chi connectivity index (χ2n) is 6.02. The van der Waals surface area contributed by atoms with Crippen LogP contribution >= 0.6 is 11.6 Å². The molecule has 0 saturated carbocycles. The highest BCUT2D eigenvalue weighted by atomic mass is 35.5. The van der Waals surface area contributed by atoms with Crippen molar-refractivity contribution in [3.63, 3.8) is 0 Å². The average Bonchev–Trinajstić information content (AvgIpc) is 2.47. The van der Waals surface area contributed by atoms with E-state index in [1.807, 2.05) is 24.3 Å². The Labute approximate surface area is 114 Å². The minimum atomic E-state index is -0.275. The first-order chi connectivity index (χ1) is 8.34. The number of hydrogen-bond donors (Lipinski definition) is 0. The molecule has 1 aromatic carbocycles. The summed E-state index contributed by atoms with van der Waals surface area (Å²) in [6.07, 6.45) is 0.938. The van der Waals surface area contributed by atoms with Crippen LogP contribution in [0.25, 0.3) is 0 Å². The number of ether oxygens (including phenoxy) is 2. The van der Waals surface area contributed by atoms with E-state index in [-0.39, 0.29) is 17.3 Å². The molecule has 0 amide bonds. The molecule has 1 aromatic rings. The summed E-state index contributed by atoms with van der Waals surface area (Å²) in [5.74, 6) is 1.33. The van der Waals surface area contributed by atoms with E-state index in [9.17, 15) is 0 Å². The summed E-state index contributed by atoms with van der Waals surface area (Å²) < 4.78 is 12.2. The zero-order valence-corrected chi connectivity index (χ0v) is 12.3. The van der Waals surface area contributed by atoms with E-state index >= 15 is 0 Å². The Morgan fingerprint density at radius 3 is 2.50 bits per heavy atom. The summed E-state index contributed by atoms with van der Waals surface area (Å²) in [4.78, 5) is 0. The molecule has 1 aliphatic heterocycles. The van der Waals surface area contributed by atoms with E-state index in [2.05, 4.69) is 27.7 Å². The summed E-state index contributed by atoms with van der Waals surface area (Å²) in [6, 6.07) is 7.92. The van der Waals surface area contributed by atoms with Gasteiger partial charge in [-0.3, -0.25) is 0 Å². The van der Waals surface area contributed by atoms with Crippen LogP contribution < -0.4 is 4.74 Å². The molecule has 3 heteroatoms. The van der Waals surface area contributed by atoms with Gasteiger partial charge in [0.05, 0.1) is 11.5 Å². The highest BCUT2D eigenvalue weighted by molar-refractivity contribution is 6.17. The van der Waals surface area contributed by atoms with E-state index in [1.165, 1.54) is 0 Å². The van der Waals surface area contributed by atoms with Gasteiger partial charge in [0.25, 0.3) is 0 Å². The number of hydrogen-bond acceptors (Lipinski definition) is 2. The number of para-hydroxylation sites is 1. The molecular weight excluding hydrogens is 248 g/mol. The van der Waals surface area contributed by atoms with Crippen LogP contribution in [0.4, 0.5) is 0 Å². The molecule has 2 nitrogen and oxygen atoms in total. The van der Waals surface area contributed by atoms with Crippen LogP contribution in [0.1, 0.15) is 39.7 Å². The summed E-state index contributed by atoms with van der Waals surface area (Å²) in [5, 5.41) is 0. The van der Waals surface area contributed by atoms with Gasteiger partial charge in [-0.1, -0.05) is 18.2 Å². The fraction of sp³-hybridized carbons (Fsp3) is 0.600. The standard InChI is InChI=1S/C15H21ClO2/c1-14(2)9-13(15(3,4)18-14)17-12-8-6-5-7-11(12)10-16/h5-8,13H,9-10H2,1-4H3. The lowest BCUT2D eigenvalue weighted by atomic mass is 9.97. The van der Waals surface area contributed by atoms with Gasteiger partial charge in [-0.25, -0.2) is 0 Å². The van der Waals surface area contributed by atoms with E-state index < -0.39 is 0 Å². The van der Waals surface area contributed by atoms with Crippen molar-refractivity contribution >= 4 is 11.6 Å². The van der Waals surface area contributed by atoms with Gasteiger partial charge < -0.3 is 9.47 Å². The molecule has 1 heterocycles. The molecule has 0 spiro atoms. The van der Waals surface area contributed by atoms with Crippen molar-refractivity contribution in [1.82, 2.24) is 0 Å². The quantitative estimate of drug-likeness (QED) is 0.767. The molecule has 1 aliphatic rings. The maximum atomic E-state index is 6.14. The van der Waals surface area contributed by atoms with Gasteiger partial charge in [-0.2, -0.15) is 0 Å². The first-order valence-corrected chi connectivity index (χ1v) is 6.88. The lowest BCUT2D eigenvalue weighted by Gasteiger charge is -2.28. The first kappa shape index (κ1) is 13.7. The lowest BCUT2D eigenvalue weighted by molar-refractivity contribution is -0.0846. The SMILES string of the molecule is CC1(C)CC(Oc2ccccc2CCl)C(C)(C)O1. The largest absolute Gasteiger partial charge is 0.487 e. The van der Waals surface area contributed by atoms with Crippen LogP contribution in [0.2, 0.25) is 0 Å². The molecule has 18 heavy (non-hydrogen) atoms. The number of halogens is 1. The van der Waals surface area contributed by atoms with Crippen LogP contribution in [0, 0.1) is 0 Å². The van der Waals surface area contributed by atoms with Crippen LogP contribution in [-0.2, 0) is 10.6 Å². The van der Waals surface area contributed by atoms with E-state index in [4.69, 9.17) is 21.1 Å². The van der Waals surface area contributed by atoms with Gasteiger partial charge in [-0.15, -0.1) is 11.6 Å². The number of alkyl halides is 1. The molecule has 0 radical (unpaired) electrons. The smallest absolute Gasteiger partial charge is 0.130 e. The Balaban J connectivity index is 2.19. The molecule has 2 rings (SSSR count). The molecule has 0 N–H and O–H groups in total. The summed E-state index contributed by atoms with van der Waals surface area (Å²) >= 11 is 5.93. The Kier molecular flexibility index (Phi) is 3.61. The number of benzene rings is 1. The second-order valence-corrected chi connectivity index (χ2v) is 6.28. The second kappa shape index (κ2) is 4.75. The molecule has 1 atom stereocenters. The van der Waals surface area contributed by atoms with Crippen LogP contribution in [0.5, 0.6) is 5.75 Å². The van der Waals surface area contributed by atoms with Crippen molar-refractivity contribution in [1.29, 1.82) is 0 Å². The molecular formula is C15H21ClO2. The van der Waals surface area contributed by atoms with Crippen molar-refractivity contribution < 1.29 is 9.47 Å². The highest BCUT2D eigenvalue weighted by Gasteiger charge is 2.47. The Morgan fingerprint density at radius 1 is 1.28 bits per heavy atom. The topological polar surface area (TPSA) is 18.5 Å². The zero-order chi connectivity index (χ0) is 13.4. The molecule has 0 bridgehead atoms. The van der Waals surface area contributed by atoms with Crippen molar-refractivity contribution in [2.24, 2.45) is 0 Å². The predicted molar refractivity (Wildman–Crippen MR) is 74.3 cm³/mol. The zero-order valence-electron chi connectivity index (χ0n) is 11.5. The van der Waals surface area contributed by atoms with Crippen LogP contribution in [0.3, 0.4) is 0 Å². The molecule has 1 fully saturated rings. The van der Waals surface area contributed by atoms with Gasteiger partial charge in [0.1, 0.15) is 17.5 Å². The van der Waals surface area contributed by atoms with Crippen molar-refractivity contribution in [2.75, 3.05) is 0 Å². The van der Waals surface area contributed by atoms with Crippen molar-refractivity contribution in [2.45, 2.75) is 57.3 Å². The van der Waals surface area contributed by atoms with Crippen molar-refractivity contribution in [3.8, 4) is 5.75 Å². The Bertz CT molecular complexity index is 426. The molecule has 0 aromatic heterocycles. The molecule has 100 valence electrons. The fourth-order valence-corrected chi connectivity index (χ4v) is 2.80. The molecule has 1 saturated heterocycles. The highest BCUT2D eigenvalue weighted by Crippen LogP contribution is 2.40. The third-order valence-electron chi connectivity index (χ3n) is 3.38. The van der Waals surface area contributed by atoms with E-state index in [0.717, 1.165) is 17.7 Å². The summed E-state index contributed by atoms with van der Waals surface area (Å²) in [6.45, 7) is 8.36. The van der Waals surface area contributed by atoms with Gasteiger partial charge in [0.2, 0.25) is 0 Å². The van der Waals surface area contributed by atoms with E-state index in [1.54, 1.807) is 0 Å². The molecule has 1 unspecified atom stereocenters. The van der Waals surface area contributed by atoms with E-state index in [0.29, 0.717) is 5.88 Å². The predicted octanol–water partition coefficient (Wildman–Crippen LogP) is 4.15. The average molecular weight is 269 g/mol. The Hall–Kier alpha value is -0.730. The van der Waals surface area contributed by atoms with Gasteiger partial charge in [0.15, 0.2) is 0 Å². The van der Waals surface area contributed by atoms with Gasteiger partial charge in [0, 0.05) is 12.0 Å². The normalized spacial score (nSPS) is 25.1. The van der Waals surface area contributed by atoms with Crippen LogP contribution in [0.15, 0.2) is 24.3 Å². The minimum Gasteiger partial charge on any atom is -0.487 e. The Morgan fingerprint density at radius 2 is 1.94 bits per heavy atom.